The van der Waals surface area contributed by atoms with Crippen molar-refractivity contribution in [3.8, 4) is 17.3 Å². The first kappa shape index (κ1) is 25.9. The number of benzene rings is 2. The monoisotopic (exact) mass is 540 g/mol. The molecule has 1 aliphatic heterocycles. The van der Waals surface area contributed by atoms with E-state index in [1.165, 1.54) is 13.2 Å². The van der Waals surface area contributed by atoms with Crippen molar-refractivity contribution in [1.82, 2.24) is 14.1 Å². The number of amides is 1. The summed E-state index contributed by atoms with van der Waals surface area (Å²) >= 11 is 0. The van der Waals surface area contributed by atoms with E-state index in [9.17, 15) is 36.5 Å². The number of carbonyl (C=O) groups excluding carboxylic acids is 1. The van der Waals surface area contributed by atoms with Gasteiger partial charge in [0.2, 0.25) is 5.88 Å². The number of halogens is 3. The number of hydrogen-bond acceptors (Lipinski definition) is 8. The Kier molecular flexibility index (Phi) is 6.35. The van der Waals surface area contributed by atoms with E-state index in [1.807, 2.05) is 0 Å². The summed E-state index contributed by atoms with van der Waals surface area (Å²) in [5.74, 6) is -1.48. The molecule has 2 heterocycles. The Morgan fingerprint density at radius 3 is 2.32 bits per heavy atom. The van der Waals surface area contributed by atoms with Crippen molar-refractivity contribution in [2.75, 3.05) is 13.8 Å². The molecule has 0 radical (unpaired) electrons. The molecule has 15 heteroatoms. The minimum atomic E-state index is -4.88. The minimum Gasteiger partial charge on any atom is -0.497 e. The molecule has 0 aliphatic carbocycles. The number of carbonyl (C=O) groups is 1. The van der Waals surface area contributed by atoms with Gasteiger partial charge in [0.15, 0.2) is 12.4 Å². The number of sulfonamides is 1. The van der Waals surface area contributed by atoms with Gasteiger partial charge in [0.05, 0.1) is 23.3 Å². The Morgan fingerprint density at radius 2 is 1.78 bits per heavy atom. The van der Waals surface area contributed by atoms with Crippen LogP contribution < -0.4 is 9.47 Å². The Hall–Kier alpha value is -4.14. The van der Waals surface area contributed by atoms with Crippen molar-refractivity contribution in [3.05, 3.63) is 69.4 Å². The fourth-order valence-corrected chi connectivity index (χ4v) is 5.19. The molecule has 0 fully saturated rings. The van der Waals surface area contributed by atoms with E-state index in [4.69, 9.17) is 9.47 Å². The number of ether oxygens (including phenoxy) is 2. The van der Waals surface area contributed by atoms with E-state index in [0.29, 0.717) is 20.6 Å². The summed E-state index contributed by atoms with van der Waals surface area (Å²) in [6, 6.07) is 7.67. The summed E-state index contributed by atoms with van der Waals surface area (Å²) in [6.45, 7) is 2.57. The fraction of sp³-hybridized carbons (Fsp3) is 0.273. The highest BCUT2D eigenvalue weighted by Crippen LogP contribution is 2.39. The molecule has 0 saturated heterocycles. The van der Waals surface area contributed by atoms with Gasteiger partial charge >= 0.3 is 6.18 Å². The SMILES string of the molecule is COc1cc(C(C)C)c2c(c1)S(=O)(=O)N(COc1cc(C(F)(F)F)nn1-c1ccc([N+](=O)[O-])cc1)C2=O. The van der Waals surface area contributed by atoms with Crippen LogP contribution in [0.1, 0.15) is 41.4 Å². The van der Waals surface area contributed by atoms with Gasteiger partial charge in [-0.2, -0.15) is 22.6 Å². The summed E-state index contributed by atoms with van der Waals surface area (Å²) in [6.07, 6.45) is -4.88. The summed E-state index contributed by atoms with van der Waals surface area (Å²) in [4.78, 5) is 23.0. The first-order chi connectivity index (χ1) is 17.3. The Bertz CT molecular complexity index is 1500. The lowest BCUT2D eigenvalue weighted by atomic mass is 9.96. The molecule has 0 spiro atoms. The third-order valence-corrected chi connectivity index (χ3v) is 7.30. The van der Waals surface area contributed by atoms with Crippen molar-refractivity contribution in [2.45, 2.75) is 30.8 Å². The van der Waals surface area contributed by atoms with E-state index in [0.717, 1.165) is 24.3 Å². The zero-order valence-electron chi connectivity index (χ0n) is 19.5. The molecular weight excluding hydrogens is 521 g/mol. The van der Waals surface area contributed by atoms with Crippen LogP contribution in [-0.2, 0) is 16.2 Å². The van der Waals surface area contributed by atoms with Gasteiger partial charge in [0.1, 0.15) is 10.6 Å². The van der Waals surface area contributed by atoms with E-state index < -0.39 is 45.3 Å². The summed E-state index contributed by atoms with van der Waals surface area (Å²) in [5, 5.41) is 14.4. The van der Waals surface area contributed by atoms with Crippen LogP contribution in [0.25, 0.3) is 5.69 Å². The summed E-state index contributed by atoms with van der Waals surface area (Å²) in [5.41, 5.74) is -1.34. The van der Waals surface area contributed by atoms with Crippen molar-refractivity contribution in [1.29, 1.82) is 0 Å². The van der Waals surface area contributed by atoms with Gasteiger partial charge in [-0.15, -0.1) is 0 Å². The molecule has 4 rings (SSSR count). The smallest absolute Gasteiger partial charge is 0.435 e. The summed E-state index contributed by atoms with van der Waals surface area (Å²) < 4.78 is 78.1. The van der Waals surface area contributed by atoms with Gasteiger partial charge in [0.25, 0.3) is 21.6 Å². The van der Waals surface area contributed by atoms with Crippen molar-refractivity contribution in [3.63, 3.8) is 0 Å². The van der Waals surface area contributed by atoms with Gasteiger partial charge in [0, 0.05) is 24.3 Å². The molecule has 11 nitrogen and oxygen atoms in total. The largest absolute Gasteiger partial charge is 0.497 e. The molecule has 0 N–H and O–H groups in total. The number of nitrogens with zero attached hydrogens (tertiary/aromatic N) is 4. The number of rotatable bonds is 7. The highest BCUT2D eigenvalue weighted by Gasteiger charge is 2.44. The maximum Gasteiger partial charge on any atom is 0.435 e. The molecular formula is C22H19F3N4O7S. The highest BCUT2D eigenvalue weighted by molar-refractivity contribution is 7.90. The van der Waals surface area contributed by atoms with Crippen LogP contribution >= 0.6 is 0 Å². The Labute approximate surface area is 208 Å². The molecule has 1 amide bonds. The number of nitro groups is 1. The standard InChI is InChI=1S/C22H19F3N4O7S/c1-12(2)16-8-15(35-3)9-17-20(16)21(30)27(37(17,33)34)11-36-19-10-18(22(23,24)25)26-28(19)13-4-6-14(7-5-13)29(31)32/h4-10,12H,11H2,1-3H3. The minimum absolute atomic E-state index is 0.0261. The first-order valence-corrected chi connectivity index (χ1v) is 12.0. The molecule has 2 aromatic carbocycles. The summed E-state index contributed by atoms with van der Waals surface area (Å²) in [7, 11) is -3.08. The zero-order chi connectivity index (χ0) is 27.3. The van der Waals surface area contributed by atoms with Crippen molar-refractivity contribution >= 4 is 21.6 Å². The maximum absolute atomic E-state index is 13.4. The van der Waals surface area contributed by atoms with Gasteiger partial charge < -0.3 is 9.47 Å². The molecule has 0 atom stereocenters. The number of methoxy groups -OCH3 is 1. The van der Waals surface area contributed by atoms with Gasteiger partial charge in [-0.05, 0) is 29.7 Å². The van der Waals surface area contributed by atoms with Crippen LogP contribution in [0.5, 0.6) is 11.6 Å². The Balaban J connectivity index is 1.71. The predicted octanol–water partition coefficient (Wildman–Crippen LogP) is 4.11. The third kappa shape index (κ3) is 4.57. The Morgan fingerprint density at radius 1 is 1.14 bits per heavy atom. The number of hydrogen-bond donors (Lipinski definition) is 0. The van der Waals surface area contributed by atoms with Crippen LogP contribution in [0.4, 0.5) is 18.9 Å². The van der Waals surface area contributed by atoms with Gasteiger partial charge in [-0.25, -0.2) is 13.1 Å². The van der Waals surface area contributed by atoms with Crippen molar-refractivity contribution in [2.24, 2.45) is 0 Å². The second-order valence-corrected chi connectivity index (χ2v) is 10.1. The van der Waals surface area contributed by atoms with Gasteiger partial charge in [-0.3, -0.25) is 14.9 Å². The molecule has 3 aromatic rings. The molecule has 196 valence electrons. The van der Waals surface area contributed by atoms with Crippen LogP contribution in [0, 0.1) is 10.1 Å². The van der Waals surface area contributed by atoms with Crippen LogP contribution in [0.3, 0.4) is 0 Å². The number of nitro benzene ring substituents is 1. The maximum atomic E-state index is 13.4. The molecule has 0 unspecified atom stereocenters. The first-order valence-electron chi connectivity index (χ1n) is 10.6. The number of non-ortho nitro benzene ring substituents is 1. The van der Waals surface area contributed by atoms with E-state index in [2.05, 4.69) is 5.10 Å². The average Bonchev–Trinajstić information content (AvgIpc) is 3.34. The normalized spacial score (nSPS) is 14.7. The third-order valence-electron chi connectivity index (χ3n) is 5.57. The molecule has 0 bridgehead atoms. The predicted molar refractivity (Wildman–Crippen MR) is 121 cm³/mol. The second kappa shape index (κ2) is 9.06. The zero-order valence-corrected chi connectivity index (χ0v) is 20.3. The highest BCUT2D eigenvalue weighted by atomic mass is 32.2. The number of fused-ring (bicyclic) bond motifs is 1. The van der Waals surface area contributed by atoms with Crippen LogP contribution in [0.2, 0.25) is 0 Å². The lowest BCUT2D eigenvalue weighted by Crippen LogP contribution is -2.34. The van der Waals surface area contributed by atoms with E-state index >= 15 is 0 Å². The van der Waals surface area contributed by atoms with Crippen LogP contribution in [0.15, 0.2) is 47.4 Å². The second-order valence-electron chi connectivity index (χ2n) is 8.23. The lowest BCUT2D eigenvalue weighted by Gasteiger charge is -2.16. The molecule has 37 heavy (non-hydrogen) atoms. The van der Waals surface area contributed by atoms with E-state index in [-0.39, 0.29) is 33.5 Å². The number of aromatic nitrogens is 2. The molecule has 1 aromatic heterocycles. The lowest BCUT2D eigenvalue weighted by molar-refractivity contribution is -0.384. The molecule has 0 saturated carbocycles. The number of alkyl halides is 3. The van der Waals surface area contributed by atoms with E-state index in [1.54, 1.807) is 19.9 Å². The topological polar surface area (TPSA) is 134 Å². The average molecular weight is 540 g/mol. The van der Waals surface area contributed by atoms with Gasteiger partial charge in [-0.1, -0.05) is 13.8 Å². The quantitative estimate of drug-likeness (QED) is 0.323. The molecule has 1 aliphatic rings. The van der Waals surface area contributed by atoms with Crippen LogP contribution in [-0.4, -0.2) is 47.2 Å². The van der Waals surface area contributed by atoms with Crippen molar-refractivity contribution < 1.29 is 40.8 Å². The fourth-order valence-electron chi connectivity index (χ4n) is 3.73.